The number of hydrogen-bond acceptors (Lipinski definition) is 4. The SMILES string of the molecule is CC1CC(C)N(C)[C@@H]1c1cccnc1.O=C(O)C(=O)O. The fraction of sp³-hybridized carbons (Fsp3) is 0.500. The van der Waals surface area contributed by atoms with Gasteiger partial charge in [-0.2, -0.15) is 0 Å². The van der Waals surface area contributed by atoms with Gasteiger partial charge in [0.15, 0.2) is 0 Å². The highest BCUT2D eigenvalue weighted by molar-refractivity contribution is 6.27. The van der Waals surface area contributed by atoms with Crippen LogP contribution in [-0.4, -0.2) is 45.1 Å². The number of carbonyl (C=O) groups is 2. The van der Waals surface area contributed by atoms with E-state index in [1.54, 1.807) is 0 Å². The molecule has 1 aromatic heterocycles. The van der Waals surface area contributed by atoms with Crippen LogP contribution in [0.15, 0.2) is 24.5 Å². The first-order valence-electron chi connectivity index (χ1n) is 6.42. The highest BCUT2D eigenvalue weighted by Gasteiger charge is 2.34. The summed E-state index contributed by atoms with van der Waals surface area (Å²) in [5.74, 6) is -2.91. The highest BCUT2D eigenvalue weighted by atomic mass is 16.4. The van der Waals surface area contributed by atoms with Crippen molar-refractivity contribution in [1.82, 2.24) is 9.88 Å². The van der Waals surface area contributed by atoms with E-state index in [4.69, 9.17) is 19.8 Å². The lowest BCUT2D eigenvalue weighted by atomic mass is 9.96. The highest BCUT2D eigenvalue weighted by Crippen LogP contribution is 2.38. The van der Waals surface area contributed by atoms with Crippen LogP contribution >= 0.6 is 0 Å². The summed E-state index contributed by atoms with van der Waals surface area (Å²) in [6.07, 6.45) is 5.12. The van der Waals surface area contributed by atoms with E-state index in [2.05, 4.69) is 36.8 Å². The number of carboxylic acid groups (broad SMARTS) is 2. The first-order valence-corrected chi connectivity index (χ1v) is 6.42. The first kappa shape index (κ1) is 16.1. The van der Waals surface area contributed by atoms with Crippen LogP contribution in [0.3, 0.4) is 0 Å². The van der Waals surface area contributed by atoms with Crippen molar-refractivity contribution >= 4 is 11.9 Å². The van der Waals surface area contributed by atoms with E-state index in [1.165, 1.54) is 12.0 Å². The second kappa shape index (κ2) is 7.00. The molecule has 2 N–H and O–H groups in total. The lowest BCUT2D eigenvalue weighted by molar-refractivity contribution is -0.159. The van der Waals surface area contributed by atoms with Gasteiger partial charge in [0.2, 0.25) is 0 Å². The Balaban J connectivity index is 0.000000286. The largest absolute Gasteiger partial charge is 0.473 e. The molecule has 2 unspecified atom stereocenters. The molecule has 2 heterocycles. The number of aliphatic carboxylic acids is 2. The smallest absolute Gasteiger partial charge is 0.414 e. The summed E-state index contributed by atoms with van der Waals surface area (Å²) in [6.45, 7) is 4.63. The van der Waals surface area contributed by atoms with Gasteiger partial charge in [0.1, 0.15) is 0 Å². The van der Waals surface area contributed by atoms with Crippen molar-refractivity contribution in [3.8, 4) is 0 Å². The summed E-state index contributed by atoms with van der Waals surface area (Å²) >= 11 is 0. The van der Waals surface area contributed by atoms with Crippen LogP contribution in [-0.2, 0) is 9.59 Å². The van der Waals surface area contributed by atoms with Crippen LogP contribution in [0.5, 0.6) is 0 Å². The quantitative estimate of drug-likeness (QED) is 0.760. The summed E-state index contributed by atoms with van der Waals surface area (Å²) in [5, 5.41) is 14.8. The third kappa shape index (κ3) is 4.03. The van der Waals surface area contributed by atoms with Crippen molar-refractivity contribution in [3.05, 3.63) is 30.1 Å². The van der Waals surface area contributed by atoms with E-state index >= 15 is 0 Å². The summed E-state index contributed by atoms with van der Waals surface area (Å²) in [5.41, 5.74) is 1.35. The average molecular weight is 280 g/mol. The molecule has 0 amide bonds. The summed E-state index contributed by atoms with van der Waals surface area (Å²) < 4.78 is 0. The standard InChI is InChI=1S/C12H18N2.C2H2O4/c1-9-7-10(2)14(3)12(9)11-5-4-6-13-8-11;3-1(4)2(5)6/h4-6,8-10,12H,7H2,1-3H3;(H,3,4)(H,5,6)/t9?,10?,12-;/m0./s1. The molecule has 1 saturated heterocycles. The van der Waals surface area contributed by atoms with E-state index in [1.807, 2.05) is 18.5 Å². The van der Waals surface area contributed by atoms with Crippen molar-refractivity contribution < 1.29 is 19.8 Å². The summed E-state index contributed by atoms with van der Waals surface area (Å²) in [4.78, 5) is 24.9. The fourth-order valence-corrected chi connectivity index (χ4v) is 2.62. The van der Waals surface area contributed by atoms with Gasteiger partial charge < -0.3 is 10.2 Å². The lowest BCUT2D eigenvalue weighted by Crippen LogP contribution is -2.25. The molecule has 1 aliphatic rings. The van der Waals surface area contributed by atoms with Gasteiger partial charge in [0.05, 0.1) is 0 Å². The maximum atomic E-state index is 9.10. The van der Waals surface area contributed by atoms with Gasteiger partial charge in [-0.05, 0) is 37.9 Å². The van der Waals surface area contributed by atoms with Crippen molar-refractivity contribution in [2.45, 2.75) is 32.4 Å². The maximum absolute atomic E-state index is 9.10. The maximum Gasteiger partial charge on any atom is 0.414 e. The van der Waals surface area contributed by atoms with Crippen molar-refractivity contribution in [2.24, 2.45) is 5.92 Å². The predicted octanol–water partition coefficient (Wildman–Crippen LogP) is 1.64. The van der Waals surface area contributed by atoms with Crippen molar-refractivity contribution in [3.63, 3.8) is 0 Å². The van der Waals surface area contributed by atoms with Crippen LogP contribution in [0.25, 0.3) is 0 Å². The van der Waals surface area contributed by atoms with Crippen molar-refractivity contribution in [2.75, 3.05) is 7.05 Å². The topological polar surface area (TPSA) is 90.7 Å². The van der Waals surface area contributed by atoms with Gasteiger partial charge in [-0.15, -0.1) is 0 Å². The minimum absolute atomic E-state index is 0.554. The normalized spacial score (nSPS) is 25.6. The summed E-state index contributed by atoms with van der Waals surface area (Å²) in [6, 6.07) is 5.45. The molecule has 1 fully saturated rings. The summed E-state index contributed by atoms with van der Waals surface area (Å²) in [7, 11) is 2.21. The van der Waals surface area contributed by atoms with Gasteiger partial charge in [-0.1, -0.05) is 13.0 Å². The molecule has 110 valence electrons. The number of carboxylic acids is 2. The minimum atomic E-state index is -1.82. The zero-order valence-corrected chi connectivity index (χ0v) is 11.9. The van der Waals surface area contributed by atoms with Crippen molar-refractivity contribution in [1.29, 1.82) is 0 Å². The third-order valence-corrected chi connectivity index (χ3v) is 3.59. The monoisotopic (exact) mass is 280 g/mol. The molecule has 0 radical (unpaired) electrons. The Kier molecular flexibility index (Phi) is 5.64. The number of nitrogens with zero attached hydrogens (tertiary/aromatic N) is 2. The number of aromatic nitrogens is 1. The number of likely N-dealkylation sites (tertiary alicyclic amines) is 1. The van der Waals surface area contributed by atoms with Crippen LogP contribution < -0.4 is 0 Å². The zero-order chi connectivity index (χ0) is 15.3. The molecule has 20 heavy (non-hydrogen) atoms. The molecule has 1 aromatic rings. The molecule has 0 aromatic carbocycles. The Morgan fingerprint density at radius 3 is 2.25 bits per heavy atom. The Morgan fingerprint density at radius 2 is 1.90 bits per heavy atom. The number of hydrogen-bond donors (Lipinski definition) is 2. The van der Waals surface area contributed by atoms with Gasteiger partial charge in [0.25, 0.3) is 0 Å². The van der Waals surface area contributed by atoms with Crippen LogP contribution in [0, 0.1) is 5.92 Å². The number of rotatable bonds is 1. The van der Waals surface area contributed by atoms with Crippen LogP contribution in [0.1, 0.15) is 31.9 Å². The molecule has 1 aliphatic heterocycles. The molecular formula is C14H20N2O4. The van der Waals surface area contributed by atoms with Gasteiger partial charge in [-0.25, -0.2) is 9.59 Å². The van der Waals surface area contributed by atoms with Gasteiger partial charge in [-0.3, -0.25) is 9.88 Å². The lowest BCUT2D eigenvalue weighted by Gasteiger charge is -2.25. The Labute approximate surface area is 118 Å². The Morgan fingerprint density at radius 1 is 1.30 bits per heavy atom. The molecule has 6 nitrogen and oxygen atoms in total. The first-order chi connectivity index (χ1) is 9.34. The fourth-order valence-electron chi connectivity index (χ4n) is 2.62. The third-order valence-electron chi connectivity index (χ3n) is 3.59. The molecule has 0 spiro atoms. The molecule has 0 aliphatic carbocycles. The van der Waals surface area contributed by atoms with Gasteiger partial charge in [0, 0.05) is 24.5 Å². The Bertz CT molecular complexity index is 452. The van der Waals surface area contributed by atoms with Gasteiger partial charge >= 0.3 is 11.9 Å². The number of pyridine rings is 1. The van der Waals surface area contributed by atoms with E-state index in [0.29, 0.717) is 12.1 Å². The van der Waals surface area contributed by atoms with Crippen LogP contribution in [0.2, 0.25) is 0 Å². The molecule has 0 saturated carbocycles. The molecule has 2 rings (SSSR count). The molecule has 3 atom stereocenters. The minimum Gasteiger partial charge on any atom is -0.473 e. The zero-order valence-electron chi connectivity index (χ0n) is 11.9. The van der Waals surface area contributed by atoms with E-state index in [-0.39, 0.29) is 0 Å². The average Bonchev–Trinajstić information content (AvgIpc) is 2.65. The van der Waals surface area contributed by atoms with Crippen LogP contribution in [0.4, 0.5) is 0 Å². The van der Waals surface area contributed by atoms with E-state index in [0.717, 1.165) is 5.92 Å². The second-order valence-corrected chi connectivity index (χ2v) is 5.07. The van der Waals surface area contributed by atoms with E-state index in [9.17, 15) is 0 Å². The molecule has 0 bridgehead atoms. The molecular weight excluding hydrogens is 260 g/mol. The second-order valence-electron chi connectivity index (χ2n) is 5.07. The van der Waals surface area contributed by atoms with E-state index < -0.39 is 11.9 Å². The predicted molar refractivity (Wildman–Crippen MR) is 73.3 cm³/mol. The molecule has 6 heteroatoms. The Hall–Kier alpha value is -1.95.